The Morgan fingerprint density at radius 1 is 0.970 bits per heavy atom. The van der Waals surface area contributed by atoms with Crippen molar-refractivity contribution in [3.05, 3.63) is 82.9 Å². The van der Waals surface area contributed by atoms with E-state index in [0.29, 0.717) is 36.0 Å². The van der Waals surface area contributed by atoms with Crippen molar-refractivity contribution in [1.29, 1.82) is 0 Å². The second kappa shape index (κ2) is 10.8. The average molecular weight is 463 g/mol. The number of aromatic nitrogens is 1. The highest BCUT2D eigenvalue weighted by Gasteiger charge is 2.18. The number of para-hydroxylation sites is 1. The summed E-state index contributed by atoms with van der Waals surface area (Å²) in [5.41, 5.74) is 2.50. The lowest BCUT2D eigenvalue weighted by Crippen LogP contribution is -2.25. The van der Waals surface area contributed by atoms with E-state index in [-0.39, 0.29) is 5.91 Å². The monoisotopic (exact) mass is 462 g/mol. The summed E-state index contributed by atoms with van der Waals surface area (Å²) in [6.45, 7) is 0.913. The van der Waals surface area contributed by atoms with Gasteiger partial charge in [0.2, 0.25) is 5.75 Å². The van der Waals surface area contributed by atoms with Gasteiger partial charge in [-0.25, -0.2) is 4.98 Å². The molecular weight excluding hydrogens is 436 g/mol. The Hall–Kier alpha value is -3.58. The third-order valence-corrected chi connectivity index (χ3v) is 6.24. The molecule has 1 aromatic heterocycles. The Bertz CT molecular complexity index is 1170. The molecule has 0 unspecified atom stereocenters. The number of rotatable bonds is 10. The van der Waals surface area contributed by atoms with Gasteiger partial charge in [0.15, 0.2) is 11.5 Å². The Morgan fingerprint density at radius 2 is 1.67 bits per heavy atom. The van der Waals surface area contributed by atoms with Gasteiger partial charge in [-0.1, -0.05) is 42.5 Å². The van der Waals surface area contributed by atoms with Crippen LogP contribution in [0.5, 0.6) is 17.2 Å². The van der Waals surface area contributed by atoms with E-state index in [0.717, 1.165) is 28.9 Å². The lowest BCUT2D eigenvalue weighted by molar-refractivity contribution is 0.0952. The van der Waals surface area contributed by atoms with E-state index in [1.54, 1.807) is 37.7 Å². The highest BCUT2D eigenvalue weighted by atomic mass is 32.1. The summed E-state index contributed by atoms with van der Waals surface area (Å²) in [7, 11) is 3.09. The maximum atomic E-state index is 12.7. The molecule has 0 spiro atoms. The van der Waals surface area contributed by atoms with E-state index in [9.17, 15) is 4.79 Å². The number of nitrogens with zero attached hydrogens (tertiary/aromatic N) is 1. The molecule has 0 saturated heterocycles. The molecule has 33 heavy (non-hydrogen) atoms. The third-order valence-electron chi connectivity index (χ3n) is 5.14. The molecule has 0 atom stereocenters. The Kier molecular flexibility index (Phi) is 7.42. The zero-order valence-electron chi connectivity index (χ0n) is 18.7. The summed E-state index contributed by atoms with van der Waals surface area (Å²) < 4.78 is 18.1. The van der Waals surface area contributed by atoms with Gasteiger partial charge < -0.3 is 19.5 Å². The van der Waals surface area contributed by atoms with E-state index in [4.69, 9.17) is 14.2 Å². The van der Waals surface area contributed by atoms with Crippen molar-refractivity contribution >= 4 is 27.5 Å². The predicted molar refractivity (Wildman–Crippen MR) is 131 cm³/mol. The molecule has 1 N–H and O–H groups in total. The number of hydrogen-bond acceptors (Lipinski definition) is 6. The molecule has 4 aromatic rings. The van der Waals surface area contributed by atoms with Gasteiger partial charge in [-0.2, -0.15) is 0 Å². The van der Waals surface area contributed by atoms with Crippen molar-refractivity contribution in [3.8, 4) is 17.2 Å². The number of hydrogen-bond donors (Lipinski definition) is 1. The topological polar surface area (TPSA) is 69.7 Å². The van der Waals surface area contributed by atoms with Gasteiger partial charge in [0.1, 0.15) is 6.61 Å². The molecule has 0 fully saturated rings. The molecule has 7 heteroatoms. The summed E-state index contributed by atoms with van der Waals surface area (Å²) in [5.74, 6) is 1.18. The van der Waals surface area contributed by atoms with Gasteiger partial charge in [0.05, 0.1) is 29.4 Å². The minimum absolute atomic E-state index is 0.189. The van der Waals surface area contributed by atoms with Gasteiger partial charge in [-0.15, -0.1) is 11.3 Å². The van der Waals surface area contributed by atoms with Crippen molar-refractivity contribution in [2.75, 3.05) is 20.8 Å². The quantitative estimate of drug-likeness (QED) is 0.326. The molecule has 0 aliphatic carbocycles. The third kappa shape index (κ3) is 5.62. The lowest BCUT2D eigenvalue weighted by atomic mass is 10.1. The number of nitrogens with one attached hydrogen (secondary N) is 1. The summed E-state index contributed by atoms with van der Waals surface area (Å²) in [4.78, 5) is 17.4. The van der Waals surface area contributed by atoms with Crippen LogP contribution in [0.1, 0.15) is 27.3 Å². The smallest absolute Gasteiger partial charge is 0.251 e. The van der Waals surface area contributed by atoms with Crippen LogP contribution in [0.2, 0.25) is 0 Å². The fourth-order valence-electron chi connectivity index (χ4n) is 3.45. The highest BCUT2D eigenvalue weighted by molar-refractivity contribution is 7.18. The Labute approximate surface area is 197 Å². The van der Waals surface area contributed by atoms with Crippen molar-refractivity contribution in [1.82, 2.24) is 10.3 Å². The van der Waals surface area contributed by atoms with E-state index in [2.05, 4.69) is 16.4 Å². The lowest BCUT2D eigenvalue weighted by Gasteiger charge is -2.16. The number of carbonyl (C=O) groups excluding carboxylic acids is 1. The first-order chi connectivity index (χ1) is 16.2. The van der Waals surface area contributed by atoms with Crippen molar-refractivity contribution in [3.63, 3.8) is 0 Å². The maximum absolute atomic E-state index is 12.7. The fourth-order valence-corrected chi connectivity index (χ4v) is 4.46. The van der Waals surface area contributed by atoms with Gasteiger partial charge in [-0.3, -0.25) is 4.79 Å². The average Bonchev–Trinajstić information content (AvgIpc) is 3.28. The van der Waals surface area contributed by atoms with Crippen LogP contribution in [-0.2, 0) is 13.0 Å². The SMILES string of the molecule is COc1cc(C(=O)NCCCc2nc3ccccc3s2)cc(OC)c1OCc1ccccc1. The Balaban J connectivity index is 1.37. The van der Waals surface area contributed by atoms with E-state index in [1.165, 1.54) is 4.70 Å². The molecule has 6 nitrogen and oxygen atoms in total. The van der Waals surface area contributed by atoms with Gasteiger partial charge >= 0.3 is 0 Å². The first-order valence-corrected chi connectivity index (χ1v) is 11.5. The highest BCUT2D eigenvalue weighted by Crippen LogP contribution is 2.39. The molecule has 0 bridgehead atoms. The second-order valence-corrected chi connectivity index (χ2v) is 8.53. The number of amides is 1. The van der Waals surface area contributed by atoms with Crippen molar-refractivity contribution in [2.45, 2.75) is 19.4 Å². The normalized spacial score (nSPS) is 10.7. The molecule has 3 aromatic carbocycles. The first-order valence-electron chi connectivity index (χ1n) is 10.7. The molecule has 0 radical (unpaired) electrons. The summed E-state index contributed by atoms with van der Waals surface area (Å²) in [6.07, 6.45) is 1.62. The number of thiazole rings is 1. The van der Waals surface area contributed by atoms with Crippen LogP contribution in [-0.4, -0.2) is 31.7 Å². The molecule has 0 saturated carbocycles. The second-order valence-electron chi connectivity index (χ2n) is 7.42. The fraction of sp³-hybridized carbons (Fsp3) is 0.231. The number of aryl methyl sites for hydroxylation is 1. The van der Waals surface area contributed by atoms with Crippen LogP contribution in [0.3, 0.4) is 0 Å². The molecule has 4 rings (SSSR count). The maximum Gasteiger partial charge on any atom is 0.251 e. The van der Waals surface area contributed by atoms with Crippen LogP contribution in [0.4, 0.5) is 0 Å². The largest absolute Gasteiger partial charge is 0.493 e. The van der Waals surface area contributed by atoms with Crippen LogP contribution in [0.15, 0.2) is 66.7 Å². The number of benzene rings is 3. The Morgan fingerprint density at radius 3 is 2.36 bits per heavy atom. The van der Waals surface area contributed by atoms with E-state index in [1.807, 2.05) is 48.5 Å². The van der Waals surface area contributed by atoms with Gasteiger partial charge in [-0.05, 0) is 36.2 Å². The number of carbonyl (C=O) groups is 1. The summed E-state index contributed by atoms with van der Waals surface area (Å²) in [6, 6.07) is 21.3. The zero-order chi connectivity index (χ0) is 23.0. The molecular formula is C26H26N2O4S. The first kappa shape index (κ1) is 22.6. The molecule has 1 amide bonds. The van der Waals surface area contributed by atoms with Crippen LogP contribution < -0.4 is 19.5 Å². The minimum atomic E-state index is -0.189. The summed E-state index contributed by atoms with van der Waals surface area (Å²) in [5, 5.41) is 4.05. The number of fused-ring (bicyclic) bond motifs is 1. The van der Waals surface area contributed by atoms with E-state index >= 15 is 0 Å². The minimum Gasteiger partial charge on any atom is -0.493 e. The van der Waals surface area contributed by atoms with Crippen molar-refractivity contribution < 1.29 is 19.0 Å². The van der Waals surface area contributed by atoms with Crippen LogP contribution in [0.25, 0.3) is 10.2 Å². The predicted octanol–water partition coefficient (Wildman–Crippen LogP) is 5.26. The molecule has 170 valence electrons. The van der Waals surface area contributed by atoms with Gasteiger partial charge in [0.25, 0.3) is 5.91 Å². The van der Waals surface area contributed by atoms with E-state index < -0.39 is 0 Å². The van der Waals surface area contributed by atoms with Crippen molar-refractivity contribution in [2.24, 2.45) is 0 Å². The van der Waals surface area contributed by atoms with Gasteiger partial charge in [0, 0.05) is 18.5 Å². The standard InChI is InChI=1S/C26H26N2O4S/c1-30-21-15-19(16-22(31-2)25(21)32-17-18-9-4-3-5-10-18)26(29)27-14-8-13-24-28-20-11-6-7-12-23(20)33-24/h3-7,9-12,15-16H,8,13-14,17H2,1-2H3,(H,27,29). The molecule has 0 aliphatic heterocycles. The molecule has 0 aliphatic rings. The zero-order valence-corrected chi connectivity index (χ0v) is 19.5. The molecule has 1 heterocycles. The van der Waals surface area contributed by atoms with Crippen LogP contribution in [0, 0.1) is 0 Å². The summed E-state index contributed by atoms with van der Waals surface area (Å²) >= 11 is 1.70. The number of ether oxygens (including phenoxy) is 3. The number of methoxy groups -OCH3 is 2. The van der Waals surface area contributed by atoms with Crippen LogP contribution >= 0.6 is 11.3 Å².